The molecule has 0 radical (unpaired) electrons. The van der Waals surface area contributed by atoms with E-state index in [1.54, 1.807) is 6.07 Å². The first-order valence-corrected chi connectivity index (χ1v) is 6.60. The predicted molar refractivity (Wildman–Crippen MR) is 77.1 cm³/mol. The molecule has 0 amide bonds. The minimum atomic E-state index is -0.174. The van der Waals surface area contributed by atoms with Crippen LogP contribution in [0, 0.1) is 18.7 Å². The third-order valence-corrected chi connectivity index (χ3v) is 3.04. The molecule has 100 valence electrons. The van der Waals surface area contributed by atoms with Crippen LogP contribution in [-0.4, -0.2) is 12.6 Å². The van der Waals surface area contributed by atoms with E-state index < -0.39 is 0 Å². The molecule has 0 aliphatic carbocycles. The molecule has 0 spiro atoms. The molecule has 0 unspecified atom stereocenters. The molecule has 0 aliphatic heterocycles. The van der Waals surface area contributed by atoms with Crippen LogP contribution in [-0.2, 0) is 0 Å². The Balaban J connectivity index is 2.96. The van der Waals surface area contributed by atoms with Crippen LogP contribution in [0.2, 0.25) is 0 Å². The van der Waals surface area contributed by atoms with Crippen molar-refractivity contribution >= 4 is 6.08 Å². The van der Waals surface area contributed by atoms with Gasteiger partial charge in [0.1, 0.15) is 5.82 Å². The molecule has 18 heavy (non-hydrogen) atoms. The number of benzene rings is 1. The summed E-state index contributed by atoms with van der Waals surface area (Å²) in [5.41, 5.74) is 3.39. The summed E-state index contributed by atoms with van der Waals surface area (Å²) in [5.74, 6) is 0.283. The summed E-state index contributed by atoms with van der Waals surface area (Å²) in [5, 5.41) is 3.42. The molecule has 0 atom stereocenters. The number of aryl methyl sites for hydroxylation is 1. The third kappa shape index (κ3) is 4.61. The Morgan fingerprint density at radius 1 is 1.28 bits per heavy atom. The van der Waals surface area contributed by atoms with Gasteiger partial charge in [0.15, 0.2) is 0 Å². The number of hydrogen-bond acceptors (Lipinski definition) is 1. The monoisotopic (exact) mass is 249 g/mol. The Hall–Kier alpha value is -1.15. The number of nitrogens with one attached hydrogen (secondary N) is 1. The fourth-order valence-corrected chi connectivity index (χ4v) is 1.71. The van der Waals surface area contributed by atoms with E-state index in [-0.39, 0.29) is 5.82 Å². The average Bonchev–Trinajstić information content (AvgIpc) is 2.28. The number of halogens is 1. The van der Waals surface area contributed by atoms with Crippen molar-refractivity contribution in [3.8, 4) is 0 Å². The predicted octanol–water partition coefficient (Wildman–Crippen LogP) is 4.17. The van der Waals surface area contributed by atoms with Crippen molar-refractivity contribution in [2.75, 3.05) is 6.54 Å². The van der Waals surface area contributed by atoms with Gasteiger partial charge in [0.05, 0.1) is 0 Å². The van der Waals surface area contributed by atoms with Crippen LogP contribution in [0.4, 0.5) is 4.39 Å². The minimum absolute atomic E-state index is 0.174. The molecular formula is C16H24FN. The molecule has 0 saturated carbocycles. The summed E-state index contributed by atoms with van der Waals surface area (Å²) in [7, 11) is 0. The maximum Gasteiger partial charge on any atom is 0.123 e. The van der Waals surface area contributed by atoms with Crippen LogP contribution in [0.25, 0.3) is 6.08 Å². The maximum absolute atomic E-state index is 13.3. The first-order chi connectivity index (χ1) is 8.40. The normalized spacial score (nSPS) is 12.6. The van der Waals surface area contributed by atoms with Crippen LogP contribution in [0.1, 0.15) is 38.8 Å². The molecule has 0 bridgehead atoms. The highest BCUT2D eigenvalue weighted by atomic mass is 19.1. The number of rotatable bonds is 5. The Bertz CT molecular complexity index is 419. The molecule has 0 saturated heterocycles. The van der Waals surface area contributed by atoms with Crippen molar-refractivity contribution in [1.29, 1.82) is 0 Å². The van der Waals surface area contributed by atoms with Gasteiger partial charge in [-0.1, -0.05) is 45.4 Å². The van der Waals surface area contributed by atoms with Gasteiger partial charge >= 0.3 is 0 Å². The lowest BCUT2D eigenvalue weighted by molar-refractivity contribution is 0.592. The fourth-order valence-electron chi connectivity index (χ4n) is 1.71. The topological polar surface area (TPSA) is 12.0 Å². The highest BCUT2D eigenvalue weighted by Crippen LogP contribution is 2.18. The summed E-state index contributed by atoms with van der Waals surface area (Å²) >= 11 is 0. The zero-order valence-corrected chi connectivity index (χ0v) is 12.0. The summed E-state index contributed by atoms with van der Waals surface area (Å²) in [4.78, 5) is 0. The Labute approximate surface area is 110 Å². The molecule has 1 N–H and O–H groups in total. The first kappa shape index (κ1) is 14.9. The lowest BCUT2D eigenvalue weighted by Crippen LogP contribution is -2.26. The summed E-state index contributed by atoms with van der Waals surface area (Å²) < 4.78 is 13.3. The van der Waals surface area contributed by atoms with Gasteiger partial charge in [-0.3, -0.25) is 0 Å². The zero-order chi connectivity index (χ0) is 13.7. The van der Waals surface area contributed by atoms with Gasteiger partial charge in [0.2, 0.25) is 0 Å². The van der Waals surface area contributed by atoms with Gasteiger partial charge in [0, 0.05) is 12.6 Å². The van der Waals surface area contributed by atoms with E-state index in [1.165, 1.54) is 11.6 Å². The number of hydrogen-bond donors (Lipinski definition) is 1. The van der Waals surface area contributed by atoms with Crippen molar-refractivity contribution in [2.45, 2.75) is 40.7 Å². The molecular weight excluding hydrogens is 225 g/mol. The standard InChI is InChI=1S/C16H24FN/c1-11(2)15(10-18-12(3)4)8-14-9-16(17)7-6-13(14)5/h6-9,11-12,18H,10H2,1-5H3/b15-8-. The zero-order valence-electron chi connectivity index (χ0n) is 12.0. The molecule has 0 fully saturated rings. The molecule has 1 rings (SSSR count). The second kappa shape index (κ2) is 6.69. The molecule has 0 aromatic heterocycles. The van der Waals surface area contributed by atoms with Crippen molar-refractivity contribution in [3.05, 3.63) is 40.7 Å². The molecule has 0 heterocycles. The SMILES string of the molecule is Cc1ccc(F)cc1/C=C(/CNC(C)C)C(C)C. The van der Waals surface area contributed by atoms with Crippen molar-refractivity contribution in [3.63, 3.8) is 0 Å². The van der Waals surface area contributed by atoms with E-state index in [4.69, 9.17) is 0 Å². The third-order valence-electron chi connectivity index (χ3n) is 3.04. The van der Waals surface area contributed by atoms with E-state index in [2.05, 4.69) is 39.1 Å². The van der Waals surface area contributed by atoms with Gasteiger partial charge in [-0.05, 0) is 36.1 Å². The second-order valence-electron chi connectivity index (χ2n) is 5.41. The van der Waals surface area contributed by atoms with E-state index in [0.717, 1.165) is 17.7 Å². The quantitative estimate of drug-likeness (QED) is 0.825. The highest BCUT2D eigenvalue weighted by molar-refractivity contribution is 5.57. The Morgan fingerprint density at radius 2 is 1.94 bits per heavy atom. The lowest BCUT2D eigenvalue weighted by Gasteiger charge is -2.15. The van der Waals surface area contributed by atoms with Crippen LogP contribution in [0.3, 0.4) is 0 Å². The van der Waals surface area contributed by atoms with Gasteiger partial charge in [-0.25, -0.2) is 4.39 Å². The molecule has 1 aromatic rings. The summed E-state index contributed by atoms with van der Waals surface area (Å²) in [6, 6.07) is 5.40. The van der Waals surface area contributed by atoms with E-state index in [9.17, 15) is 4.39 Å². The smallest absolute Gasteiger partial charge is 0.123 e. The second-order valence-corrected chi connectivity index (χ2v) is 5.41. The van der Waals surface area contributed by atoms with Gasteiger partial charge < -0.3 is 5.32 Å². The summed E-state index contributed by atoms with van der Waals surface area (Å²) in [6.45, 7) is 11.5. The van der Waals surface area contributed by atoms with Crippen molar-refractivity contribution in [2.24, 2.45) is 5.92 Å². The van der Waals surface area contributed by atoms with E-state index in [1.807, 2.05) is 13.0 Å². The molecule has 1 aromatic carbocycles. The fraction of sp³-hybridized carbons (Fsp3) is 0.500. The van der Waals surface area contributed by atoms with Crippen molar-refractivity contribution < 1.29 is 4.39 Å². The van der Waals surface area contributed by atoms with Crippen molar-refractivity contribution in [1.82, 2.24) is 5.32 Å². The Kier molecular flexibility index (Phi) is 5.54. The van der Waals surface area contributed by atoms with Gasteiger partial charge in [-0.15, -0.1) is 0 Å². The maximum atomic E-state index is 13.3. The van der Waals surface area contributed by atoms with Crippen LogP contribution in [0.5, 0.6) is 0 Å². The van der Waals surface area contributed by atoms with E-state index >= 15 is 0 Å². The largest absolute Gasteiger partial charge is 0.311 e. The first-order valence-electron chi connectivity index (χ1n) is 6.60. The molecule has 1 nitrogen and oxygen atoms in total. The molecule has 0 aliphatic rings. The average molecular weight is 249 g/mol. The van der Waals surface area contributed by atoms with Gasteiger partial charge in [0.25, 0.3) is 0 Å². The van der Waals surface area contributed by atoms with Crippen LogP contribution < -0.4 is 5.32 Å². The summed E-state index contributed by atoms with van der Waals surface area (Å²) in [6.07, 6.45) is 2.11. The Morgan fingerprint density at radius 3 is 2.50 bits per heavy atom. The van der Waals surface area contributed by atoms with Gasteiger partial charge in [-0.2, -0.15) is 0 Å². The van der Waals surface area contributed by atoms with E-state index in [0.29, 0.717) is 12.0 Å². The van der Waals surface area contributed by atoms with Crippen LogP contribution >= 0.6 is 0 Å². The molecule has 2 heteroatoms. The minimum Gasteiger partial charge on any atom is -0.311 e. The highest BCUT2D eigenvalue weighted by Gasteiger charge is 2.06. The van der Waals surface area contributed by atoms with Crippen LogP contribution in [0.15, 0.2) is 23.8 Å². The lowest BCUT2D eigenvalue weighted by atomic mass is 9.98.